The maximum atomic E-state index is 12.9. The number of piperidine rings is 1. The van der Waals surface area contributed by atoms with Crippen molar-refractivity contribution in [3.63, 3.8) is 0 Å². The zero-order valence-corrected chi connectivity index (χ0v) is 16.1. The van der Waals surface area contributed by atoms with E-state index in [1.165, 1.54) is 4.90 Å². The number of alkyl halides is 3. The molecule has 1 saturated heterocycles. The molecule has 1 aliphatic rings. The van der Waals surface area contributed by atoms with Gasteiger partial charge in [0.05, 0.1) is 25.8 Å². The van der Waals surface area contributed by atoms with E-state index in [0.29, 0.717) is 18.7 Å². The van der Waals surface area contributed by atoms with Crippen LogP contribution < -0.4 is 4.74 Å². The number of thiazole rings is 1. The van der Waals surface area contributed by atoms with Gasteiger partial charge in [0.25, 0.3) is 5.91 Å². The Morgan fingerprint density at radius 3 is 3.04 bits per heavy atom. The number of hydrogen-bond acceptors (Lipinski definition) is 5. The lowest BCUT2D eigenvalue weighted by atomic mass is 9.97. The lowest BCUT2D eigenvalue weighted by Crippen LogP contribution is -2.46. The van der Waals surface area contributed by atoms with Gasteiger partial charge in [-0.25, -0.2) is 4.98 Å². The van der Waals surface area contributed by atoms with Crippen LogP contribution in [0.1, 0.15) is 17.8 Å². The van der Waals surface area contributed by atoms with Crippen molar-refractivity contribution in [2.75, 3.05) is 19.7 Å². The summed E-state index contributed by atoms with van der Waals surface area (Å²) in [7, 11) is 0. The fourth-order valence-corrected chi connectivity index (χ4v) is 5.24. The van der Waals surface area contributed by atoms with Crippen molar-refractivity contribution in [3.05, 3.63) is 22.5 Å². The molecule has 144 valence electrons. The smallest absolute Gasteiger partial charge is 0.393 e. The first kappa shape index (κ1) is 18.5. The number of ether oxygens (including phenoxy) is 1. The first-order valence-electron chi connectivity index (χ1n) is 8.57. The van der Waals surface area contributed by atoms with E-state index in [-0.39, 0.29) is 19.6 Å². The van der Waals surface area contributed by atoms with Gasteiger partial charge in [-0.2, -0.15) is 13.2 Å². The summed E-state index contributed by atoms with van der Waals surface area (Å²) in [5.41, 5.74) is 0.922. The van der Waals surface area contributed by atoms with Crippen LogP contribution in [-0.4, -0.2) is 41.7 Å². The molecule has 0 aliphatic carbocycles. The molecule has 0 N–H and O–H groups in total. The topological polar surface area (TPSA) is 42.4 Å². The third kappa shape index (κ3) is 3.62. The number of thiophene rings is 1. The van der Waals surface area contributed by atoms with Crippen LogP contribution in [0.3, 0.4) is 0 Å². The monoisotopic (exact) mass is 414 g/mol. The molecule has 0 spiro atoms. The van der Waals surface area contributed by atoms with E-state index in [1.807, 2.05) is 24.4 Å². The van der Waals surface area contributed by atoms with Gasteiger partial charge in [0.15, 0.2) is 6.61 Å². The van der Waals surface area contributed by atoms with Crippen LogP contribution in [0.5, 0.6) is 5.75 Å². The standard InChI is InChI=1S/C18H17F3N2O2S2/c1-10-22-16-14(27-10)7-13(12-4-6-26-17(12)16)25-9-15(24)23-5-2-3-11(8-23)18(19,20)21/h4,6-7,11H,2-3,5,8-9H2,1H3/t11-/m0/s1. The minimum atomic E-state index is -4.27. The number of aromatic nitrogens is 1. The SMILES string of the molecule is Cc1nc2c(cc(OCC(=O)N3CCC[C@H](C(F)(F)F)C3)c3ccsc32)s1. The number of carbonyl (C=O) groups excluding carboxylic acids is 1. The van der Waals surface area contributed by atoms with Gasteiger partial charge in [-0.05, 0) is 31.2 Å². The molecule has 1 amide bonds. The Morgan fingerprint density at radius 2 is 2.26 bits per heavy atom. The highest BCUT2D eigenvalue weighted by Crippen LogP contribution is 2.39. The van der Waals surface area contributed by atoms with Crippen molar-refractivity contribution < 1.29 is 22.7 Å². The summed E-state index contributed by atoms with van der Waals surface area (Å²) in [6, 6.07) is 3.77. The summed E-state index contributed by atoms with van der Waals surface area (Å²) in [6.07, 6.45) is -3.83. The Morgan fingerprint density at radius 1 is 1.44 bits per heavy atom. The molecule has 2 aromatic heterocycles. The van der Waals surface area contributed by atoms with Crippen molar-refractivity contribution in [2.45, 2.75) is 25.9 Å². The molecule has 1 atom stereocenters. The van der Waals surface area contributed by atoms with Gasteiger partial charge in [0.1, 0.15) is 5.75 Å². The largest absolute Gasteiger partial charge is 0.483 e. The molecule has 1 fully saturated rings. The highest BCUT2D eigenvalue weighted by Gasteiger charge is 2.42. The lowest BCUT2D eigenvalue weighted by Gasteiger charge is -2.33. The first-order chi connectivity index (χ1) is 12.8. The lowest BCUT2D eigenvalue weighted by molar-refractivity contribution is -0.188. The molecule has 1 aromatic carbocycles. The molecule has 0 saturated carbocycles. The Hall–Kier alpha value is -1.87. The van der Waals surface area contributed by atoms with Crippen LogP contribution in [0.4, 0.5) is 13.2 Å². The molecule has 9 heteroatoms. The quantitative estimate of drug-likeness (QED) is 0.606. The fourth-order valence-electron chi connectivity index (χ4n) is 3.41. The Kier molecular flexibility index (Phi) is 4.75. The summed E-state index contributed by atoms with van der Waals surface area (Å²) in [5.74, 6) is -1.29. The summed E-state index contributed by atoms with van der Waals surface area (Å²) in [5, 5.41) is 3.75. The first-order valence-corrected chi connectivity index (χ1v) is 10.3. The number of amides is 1. The molecule has 0 unspecified atom stereocenters. The van der Waals surface area contributed by atoms with Crippen LogP contribution >= 0.6 is 22.7 Å². The van der Waals surface area contributed by atoms with Crippen LogP contribution in [0.2, 0.25) is 0 Å². The highest BCUT2D eigenvalue weighted by atomic mass is 32.1. The van der Waals surface area contributed by atoms with Crippen LogP contribution in [0, 0.1) is 12.8 Å². The second-order valence-corrected chi connectivity index (χ2v) is 8.78. The van der Waals surface area contributed by atoms with Gasteiger partial charge in [-0.15, -0.1) is 22.7 Å². The van der Waals surface area contributed by atoms with Gasteiger partial charge in [-0.1, -0.05) is 0 Å². The summed E-state index contributed by atoms with van der Waals surface area (Å²) in [4.78, 5) is 18.2. The van der Waals surface area contributed by atoms with E-state index in [2.05, 4.69) is 4.98 Å². The molecule has 3 aromatic rings. The number of rotatable bonds is 3. The predicted octanol–water partition coefficient (Wildman–Crippen LogP) is 5.00. The number of hydrogen-bond donors (Lipinski definition) is 0. The average Bonchev–Trinajstić information content (AvgIpc) is 3.24. The zero-order chi connectivity index (χ0) is 19.2. The van der Waals surface area contributed by atoms with Crippen LogP contribution in [0.15, 0.2) is 17.5 Å². The molecule has 3 heterocycles. The molecule has 4 nitrogen and oxygen atoms in total. The summed E-state index contributed by atoms with van der Waals surface area (Å²) in [6.45, 7) is 1.72. The van der Waals surface area contributed by atoms with E-state index in [0.717, 1.165) is 25.3 Å². The van der Waals surface area contributed by atoms with Gasteiger partial charge in [-0.3, -0.25) is 4.79 Å². The number of aryl methyl sites for hydroxylation is 1. The van der Waals surface area contributed by atoms with Crippen molar-refractivity contribution in [1.82, 2.24) is 9.88 Å². The summed E-state index contributed by atoms with van der Waals surface area (Å²) >= 11 is 3.10. The Balaban J connectivity index is 1.51. The molecule has 27 heavy (non-hydrogen) atoms. The molecule has 0 radical (unpaired) electrons. The van der Waals surface area contributed by atoms with Crippen molar-refractivity contribution in [3.8, 4) is 5.75 Å². The van der Waals surface area contributed by atoms with Crippen LogP contribution in [0.25, 0.3) is 20.3 Å². The molecular weight excluding hydrogens is 397 g/mol. The van der Waals surface area contributed by atoms with Crippen molar-refractivity contribution in [2.24, 2.45) is 5.92 Å². The van der Waals surface area contributed by atoms with Gasteiger partial charge in [0, 0.05) is 24.5 Å². The van der Waals surface area contributed by atoms with Gasteiger partial charge < -0.3 is 9.64 Å². The minimum Gasteiger partial charge on any atom is -0.483 e. The second-order valence-electron chi connectivity index (χ2n) is 6.63. The molecule has 1 aliphatic heterocycles. The maximum Gasteiger partial charge on any atom is 0.393 e. The van der Waals surface area contributed by atoms with Gasteiger partial charge in [0.2, 0.25) is 0 Å². The van der Waals surface area contributed by atoms with Crippen molar-refractivity contribution in [1.29, 1.82) is 0 Å². The van der Waals surface area contributed by atoms with Gasteiger partial charge >= 0.3 is 6.18 Å². The number of likely N-dealkylation sites (tertiary alicyclic amines) is 1. The predicted molar refractivity (Wildman–Crippen MR) is 101 cm³/mol. The number of nitrogens with zero attached hydrogens (tertiary/aromatic N) is 2. The van der Waals surface area contributed by atoms with E-state index in [9.17, 15) is 18.0 Å². The third-order valence-corrected chi connectivity index (χ3v) is 6.60. The van der Waals surface area contributed by atoms with Crippen molar-refractivity contribution >= 4 is 48.9 Å². The van der Waals surface area contributed by atoms with Crippen LogP contribution in [-0.2, 0) is 4.79 Å². The van der Waals surface area contributed by atoms with E-state index in [4.69, 9.17) is 4.74 Å². The van der Waals surface area contributed by atoms with E-state index in [1.54, 1.807) is 22.7 Å². The number of halogens is 3. The van der Waals surface area contributed by atoms with E-state index < -0.39 is 18.0 Å². The molecule has 4 rings (SSSR count). The molecule has 0 bridgehead atoms. The summed E-state index contributed by atoms with van der Waals surface area (Å²) < 4.78 is 46.5. The zero-order valence-electron chi connectivity index (χ0n) is 14.5. The third-order valence-electron chi connectivity index (χ3n) is 4.76. The number of fused-ring (bicyclic) bond motifs is 3. The Labute approximate surface area is 161 Å². The number of benzene rings is 1. The average molecular weight is 414 g/mol. The fraction of sp³-hybridized carbons (Fsp3) is 0.444. The normalized spacial score (nSPS) is 18.4. The minimum absolute atomic E-state index is 0.0745. The number of carbonyl (C=O) groups is 1. The van der Waals surface area contributed by atoms with E-state index >= 15 is 0 Å². The molecular formula is C18H17F3N2O2S2. The highest BCUT2D eigenvalue weighted by molar-refractivity contribution is 7.21. The second kappa shape index (κ2) is 6.94. The Bertz CT molecular complexity index is 996. The maximum absolute atomic E-state index is 12.9.